The molecule has 2 aromatic rings. The summed E-state index contributed by atoms with van der Waals surface area (Å²) in [7, 11) is -3.46. The van der Waals surface area contributed by atoms with Gasteiger partial charge in [-0.3, -0.25) is 9.36 Å². The Balaban J connectivity index is 2.00. The Morgan fingerprint density at radius 3 is 1.64 bits per heavy atom. The van der Waals surface area contributed by atoms with Crippen molar-refractivity contribution in [3.63, 3.8) is 0 Å². The number of hydrogen-bond acceptors (Lipinski definition) is 4. The highest BCUT2D eigenvalue weighted by molar-refractivity contribution is 7.54. The Kier molecular flexibility index (Phi) is 6.08. The summed E-state index contributed by atoms with van der Waals surface area (Å²) in [5.41, 5.74) is 1.77. The molecule has 0 aliphatic carbocycles. The topological polar surface area (TPSA) is 52.6 Å². The highest BCUT2D eigenvalue weighted by atomic mass is 31.2. The largest absolute Gasteiger partial charge is 0.338 e. The lowest BCUT2D eigenvalue weighted by molar-refractivity contribution is -0.114. The maximum Gasteiger partial charge on any atom is 0.338 e. The van der Waals surface area contributed by atoms with Gasteiger partial charge in [-0.2, -0.15) is 0 Å². The highest BCUT2D eigenvalue weighted by Gasteiger charge is 2.27. The molecule has 0 amide bonds. The fourth-order valence-corrected chi connectivity index (χ4v) is 3.39. The Labute approximate surface area is 130 Å². The Morgan fingerprint density at radius 2 is 1.27 bits per heavy atom. The standard InChI is InChI=1S/C17H19O4P/c1-15(18)14-22(19,20-12-16-8-4-2-5-9-16)21-13-17-10-6-3-7-11-17/h2-11H,12-14H2,1H3. The summed E-state index contributed by atoms with van der Waals surface area (Å²) in [6, 6.07) is 18.8. The van der Waals surface area contributed by atoms with Gasteiger partial charge < -0.3 is 9.05 Å². The van der Waals surface area contributed by atoms with Crippen molar-refractivity contribution in [3.05, 3.63) is 71.8 Å². The van der Waals surface area contributed by atoms with Crippen LogP contribution in [0, 0.1) is 0 Å². The molecule has 0 heterocycles. The van der Waals surface area contributed by atoms with Gasteiger partial charge in [0.2, 0.25) is 0 Å². The molecule has 0 aromatic heterocycles. The predicted octanol–water partition coefficient (Wildman–Crippen LogP) is 4.20. The van der Waals surface area contributed by atoms with Gasteiger partial charge in [0.15, 0.2) is 0 Å². The summed E-state index contributed by atoms with van der Waals surface area (Å²) in [6.07, 6.45) is -0.216. The summed E-state index contributed by atoms with van der Waals surface area (Å²) in [6.45, 7) is 1.69. The van der Waals surface area contributed by atoms with Crippen LogP contribution in [0.2, 0.25) is 0 Å². The van der Waals surface area contributed by atoms with Crippen LogP contribution in [-0.4, -0.2) is 11.9 Å². The van der Waals surface area contributed by atoms with Gasteiger partial charge in [-0.05, 0) is 18.1 Å². The quantitative estimate of drug-likeness (QED) is 0.684. The maximum atomic E-state index is 12.7. The summed E-state index contributed by atoms with van der Waals surface area (Å²) < 4.78 is 23.6. The summed E-state index contributed by atoms with van der Waals surface area (Å²) in [4.78, 5) is 11.3. The second-order valence-corrected chi connectivity index (χ2v) is 7.04. The molecule has 5 heteroatoms. The molecule has 0 aliphatic heterocycles. The van der Waals surface area contributed by atoms with Crippen LogP contribution < -0.4 is 0 Å². The Hall–Kier alpha value is -1.74. The molecule has 4 nitrogen and oxygen atoms in total. The highest BCUT2D eigenvalue weighted by Crippen LogP contribution is 2.49. The van der Waals surface area contributed by atoms with Crippen molar-refractivity contribution in [2.24, 2.45) is 0 Å². The van der Waals surface area contributed by atoms with Crippen LogP contribution in [0.5, 0.6) is 0 Å². The molecule has 0 N–H and O–H groups in total. The average molecular weight is 318 g/mol. The average Bonchev–Trinajstić information content (AvgIpc) is 2.53. The third-order valence-electron chi connectivity index (χ3n) is 2.96. The number of hydrogen-bond donors (Lipinski definition) is 0. The monoisotopic (exact) mass is 318 g/mol. The second kappa shape index (κ2) is 8.04. The minimum atomic E-state index is -3.46. The van der Waals surface area contributed by atoms with Crippen molar-refractivity contribution in [2.75, 3.05) is 6.16 Å². The van der Waals surface area contributed by atoms with Gasteiger partial charge in [-0.1, -0.05) is 60.7 Å². The molecule has 0 unspecified atom stereocenters. The van der Waals surface area contributed by atoms with Gasteiger partial charge in [-0.25, -0.2) is 0 Å². The molecular formula is C17H19O4P. The number of benzene rings is 2. The first-order valence-electron chi connectivity index (χ1n) is 7.03. The molecule has 0 saturated heterocycles. The summed E-state index contributed by atoms with van der Waals surface area (Å²) >= 11 is 0. The van der Waals surface area contributed by atoms with Gasteiger partial charge in [-0.15, -0.1) is 0 Å². The number of Topliss-reactive ketones (excluding diaryl/α,β-unsaturated/α-hetero) is 1. The number of ketones is 1. The van der Waals surface area contributed by atoms with Crippen LogP contribution in [0.4, 0.5) is 0 Å². The van der Waals surface area contributed by atoms with E-state index in [1.54, 1.807) is 0 Å². The van der Waals surface area contributed by atoms with Crippen molar-refractivity contribution in [3.8, 4) is 0 Å². The third-order valence-corrected chi connectivity index (χ3v) is 4.84. The van der Waals surface area contributed by atoms with Crippen LogP contribution in [0.3, 0.4) is 0 Å². The van der Waals surface area contributed by atoms with Crippen molar-refractivity contribution in [1.82, 2.24) is 0 Å². The Morgan fingerprint density at radius 1 is 0.864 bits per heavy atom. The van der Waals surface area contributed by atoms with E-state index in [0.29, 0.717) is 0 Å². The van der Waals surface area contributed by atoms with E-state index in [1.165, 1.54) is 6.92 Å². The zero-order valence-corrected chi connectivity index (χ0v) is 13.4. The molecular weight excluding hydrogens is 299 g/mol. The van der Waals surface area contributed by atoms with Gasteiger partial charge in [0.1, 0.15) is 11.9 Å². The zero-order valence-electron chi connectivity index (χ0n) is 12.5. The van der Waals surface area contributed by atoms with E-state index < -0.39 is 7.60 Å². The molecule has 116 valence electrons. The lowest BCUT2D eigenvalue weighted by atomic mass is 10.2. The van der Waals surface area contributed by atoms with Crippen molar-refractivity contribution < 1.29 is 18.4 Å². The lowest BCUT2D eigenvalue weighted by Gasteiger charge is -2.17. The van der Waals surface area contributed by atoms with E-state index >= 15 is 0 Å². The van der Waals surface area contributed by atoms with Crippen LogP contribution in [0.1, 0.15) is 18.1 Å². The van der Waals surface area contributed by atoms with Crippen molar-refractivity contribution in [2.45, 2.75) is 20.1 Å². The molecule has 0 radical (unpaired) electrons. The summed E-state index contributed by atoms with van der Waals surface area (Å²) in [5, 5.41) is 0. The van der Waals surface area contributed by atoms with Crippen LogP contribution >= 0.6 is 7.60 Å². The summed E-state index contributed by atoms with van der Waals surface area (Å²) in [5.74, 6) is -0.218. The first kappa shape index (κ1) is 16.6. The molecule has 0 saturated carbocycles. The number of rotatable bonds is 8. The first-order chi connectivity index (χ1) is 10.6. The molecule has 0 aliphatic rings. The van der Waals surface area contributed by atoms with Crippen molar-refractivity contribution in [1.29, 1.82) is 0 Å². The molecule has 0 bridgehead atoms. The minimum absolute atomic E-state index is 0.153. The molecule has 22 heavy (non-hydrogen) atoms. The normalized spacial score (nSPS) is 11.3. The third kappa shape index (κ3) is 5.57. The minimum Gasteiger partial charge on any atom is -0.303 e. The van der Waals surface area contributed by atoms with E-state index in [4.69, 9.17) is 9.05 Å². The molecule has 2 aromatic carbocycles. The Bertz CT molecular complexity index is 593. The molecule has 0 atom stereocenters. The van der Waals surface area contributed by atoms with Gasteiger partial charge in [0.25, 0.3) is 0 Å². The van der Waals surface area contributed by atoms with Gasteiger partial charge in [0, 0.05) is 0 Å². The second-order valence-electron chi connectivity index (χ2n) is 4.99. The first-order valence-corrected chi connectivity index (χ1v) is 8.76. The lowest BCUT2D eigenvalue weighted by Crippen LogP contribution is -2.07. The SMILES string of the molecule is CC(=O)CP(=O)(OCc1ccccc1)OCc1ccccc1. The number of carbonyl (C=O) groups is 1. The van der Waals surface area contributed by atoms with Crippen LogP contribution in [0.15, 0.2) is 60.7 Å². The molecule has 0 spiro atoms. The number of carbonyl (C=O) groups excluding carboxylic acids is 1. The predicted molar refractivity (Wildman–Crippen MR) is 85.6 cm³/mol. The zero-order chi connectivity index (χ0) is 15.8. The smallest absolute Gasteiger partial charge is 0.303 e. The van der Waals surface area contributed by atoms with Crippen LogP contribution in [0.25, 0.3) is 0 Å². The van der Waals surface area contributed by atoms with E-state index in [2.05, 4.69) is 0 Å². The van der Waals surface area contributed by atoms with E-state index in [1.807, 2.05) is 60.7 Å². The maximum absolute atomic E-state index is 12.7. The fraction of sp³-hybridized carbons (Fsp3) is 0.235. The van der Waals surface area contributed by atoms with Gasteiger partial charge >= 0.3 is 7.60 Å². The van der Waals surface area contributed by atoms with E-state index in [-0.39, 0.29) is 25.2 Å². The van der Waals surface area contributed by atoms with E-state index in [0.717, 1.165) is 11.1 Å². The van der Waals surface area contributed by atoms with Crippen LogP contribution in [-0.2, 0) is 31.6 Å². The molecule has 2 rings (SSSR count). The van der Waals surface area contributed by atoms with Crippen molar-refractivity contribution >= 4 is 13.4 Å². The van der Waals surface area contributed by atoms with Gasteiger partial charge in [0.05, 0.1) is 13.2 Å². The van der Waals surface area contributed by atoms with E-state index in [9.17, 15) is 9.36 Å². The fourth-order valence-electron chi connectivity index (χ4n) is 1.90. The molecule has 0 fully saturated rings.